The fraction of sp³-hybridized carbons (Fsp3) is 0.360. The molecule has 2 fully saturated rings. The highest BCUT2D eigenvalue weighted by Gasteiger charge is 2.35. The van der Waals surface area contributed by atoms with E-state index in [1.54, 1.807) is 30.3 Å². The summed E-state index contributed by atoms with van der Waals surface area (Å²) in [7, 11) is 0. The molecule has 2 N–H and O–H groups in total. The maximum atomic E-state index is 13.8. The summed E-state index contributed by atoms with van der Waals surface area (Å²) >= 11 is 0. The molecular weight excluding hydrogens is 395 g/mol. The third-order valence-electron chi connectivity index (χ3n) is 6.00. The van der Waals surface area contributed by atoms with E-state index in [-0.39, 0.29) is 23.0 Å². The Morgan fingerprint density at radius 3 is 2.52 bits per heavy atom. The Morgan fingerprint density at radius 2 is 1.84 bits per heavy atom. The van der Waals surface area contributed by atoms with E-state index >= 15 is 0 Å². The SMILES string of the molecule is O=C(/C=C/c1ccc(C(=O)NC2CC2)cc1)NCC1(c2cccc(F)c2)CCOCC1. The van der Waals surface area contributed by atoms with Crippen molar-refractivity contribution in [3.63, 3.8) is 0 Å². The summed E-state index contributed by atoms with van der Waals surface area (Å²) < 4.78 is 19.3. The highest BCUT2D eigenvalue weighted by atomic mass is 19.1. The van der Waals surface area contributed by atoms with Crippen molar-refractivity contribution in [3.8, 4) is 0 Å². The van der Waals surface area contributed by atoms with Gasteiger partial charge in [0, 0.05) is 42.9 Å². The number of carbonyl (C=O) groups excluding carboxylic acids is 2. The largest absolute Gasteiger partial charge is 0.381 e. The zero-order valence-electron chi connectivity index (χ0n) is 17.4. The quantitative estimate of drug-likeness (QED) is 0.670. The van der Waals surface area contributed by atoms with Crippen molar-refractivity contribution in [1.29, 1.82) is 0 Å². The zero-order valence-corrected chi connectivity index (χ0v) is 17.4. The third kappa shape index (κ3) is 5.58. The molecule has 0 aromatic heterocycles. The van der Waals surface area contributed by atoms with Crippen LogP contribution in [-0.4, -0.2) is 37.6 Å². The van der Waals surface area contributed by atoms with Gasteiger partial charge in [0.2, 0.25) is 5.91 Å². The normalized spacial score (nSPS) is 18.0. The van der Waals surface area contributed by atoms with Gasteiger partial charge in [-0.3, -0.25) is 9.59 Å². The molecule has 1 saturated carbocycles. The van der Waals surface area contributed by atoms with Crippen LogP contribution in [0.1, 0.15) is 47.2 Å². The monoisotopic (exact) mass is 422 g/mol. The number of hydrogen-bond acceptors (Lipinski definition) is 3. The fourth-order valence-corrected chi connectivity index (χ4v) is 3.88. The molecule has 2 aliphatic rings. The van der Waals surface area contributed by atoms with Crippen LogP contribution in [-0.2, 0) is 14.9 Å². The van der Waals surface area contributed by atoms with E-state index in [0.29, 0.717) is 31.4 Å². The van der Waals surface area contributed by atoms with Crippen LogP contribution in [0.4, 0.5) is 4.39 Å². The van der Waals surface area contributed by atoms with Gasteiger partial charge >= 0.3 is 0 Å². The lowest BCUT2D eigenvalue weighted by Crippen LogP contribution is -2.44. The van der Waals surface area contributed by atoms with E-state index in [9.17, 15) is 14.0 Å². The zero-order chi connectivity index (χ0) is 21.7. The summed E-state index contributed by atoms with van der Waals surface area (Å²) in [5.74, 6) is -0.545. The van der Waals surface area contributed by atoms with Crippen molar-refractivity contribution < 1.29 is 18.7 Å². The Morgan fingerprint density at radius 1 is 1.10 bits per heavy atom. The predicted molar refractivity (Wildman–Crippen MR) is 117 cm³/mol. The molecule has 5 nitrogen and oxygen atoms in total. The molecule has 0 bridgehead atoms. The van der Waals surface area contributed by atoms with Gasteiger partial charge in [-0.05, 0) is 67.2 Å². The van der Waals surface area contributed by atoms with E-state index in [2.05, 4.69) is 10.6 Å². The number of ether oxygens (including phenoxy) is 1. The van der Waals surface area contributed by atoms with E-state index < -0.39 is 0 Å². The minimum absolute atomic E-state index is 0.0603. The Balaban J connectivity index is 1.36. The van der Waals surface area contributed by atoms with Gasteiger partial charge in [-0.15, -0.1) is 0 Å². The van der Waals surface area contributed by atoms with Crippen LogP contribution in [0.25, 0.3) is 6.08 Å². The number of rotatable bonds is 7. The smallest absolute Gasteiger partial charge is 0.251 e. The molecule has 0 radical (unpaired) electrons. The van der Waals surface area contributed by atoms with Crippen molar-refractivity contribution in [2.75, 3.05) is 19.8 Å². The van der Waals surface area contributed by atoms with Crippen LogP contribution in [0.3, 0.4) is 0 Å². The standard InChI is InChI=1S/C25H27FN2O3/c26-21-3-1-2-20(16-21)25(12-14-31-15-13-25)17-27-23(29)11-6-18-4-7-19(8-5-18)24(30)28-22-9-10-22/h1-8,11,16,22H,9-10,12-15,17H2,(H,27,29)(H,28,30)/b11-6+. The first kappa shape index (κ1) is 21.2. The summed E-state index contributed by atoms with van der Waals surface area (Å²) in [5.41, 5.74) is 2.01. The van der Waals surface area contributed by atoms with Crippen LogP contribution in [0.15, 0.2) is 54.6 Å². The second-order valence-corrected chi connectivity index (χ2v) is 8.32. The Kier molecular flexibility index (Phi) is 6.47. The summed E-state index contributed by atoms with van der Waals surface area (Å²) in [6, 6.07) is 14.1. The summed E-state index contributed by atoms with van der Waals surface area (Å²) in [6.45, 7) is 1.59. The molecule has 6 heteroatoms. The van der Waals surface area contributed by atoms with Crippen molar-refractivity contribution >= 4 is 17.9 Å². The van der Waals surface area contributed by atoms with Crippen LogP contribution in [0, 0.1) is 5.82 Å². The van der Waals surface area contributed by atoms with E-state index in [0.717, 1.165) is 36.8 Å². The van der Waals surface area contributed by atoms with Crippen molar-refractivity contribution in [1.82, 2.24) is 10.6 Å². The van der Waals surface area contributed by atoms with Gasteiger partial charge in [0.05, 0.1) is 0 Å². The lowest BCUT2D eigenvalue weighted by Gasteiger charge is -2.37. The molecule has 2 amide bonds. The maximum absolute atomic E-state index is 13.8. The highest BCUT2D eigenvalue weighted by Crippen LogP contribution is 2.34. The molecule has 1 aliphatic heterocycles. The topological polar surface area (TPSA) is 67.4 Å². The van der Waals surface area contributed by atoms with Crippen molar-refractivity contribution in [2.24, 2.45) is 0 Å². The third-order valence-corrected chi connectivity index (χ3v) is 6.00. The summed E-state index contributed by atoms with van der Waals surface area (Å²) in [6.07, 6.45) is 6.76. The molecule has 31 heavy (non-hydrogen) atoms. The van der Waals surface area contributed by atoms with Gasteiger partial charge in [0.1, 0.15) is 5.82 Å². The molecular formula is C25H27FN2O3. The van der Waals surface area contributed by atoms with Crippen LogP contribution < -0.4 is 10.6 Å². The lowest BCUT2D eigenvalue weighted by atomic mass is 9.74. The average Bonchev–Trinajstić information content (AvgIpc) is 3.61. The molecule has 2 aromatic carbocycles. The minimum atomic E-state index is -0.333. The van der Waals surface area contributed by atoms with Crippen molar-refractivity contribution in [2.45, 2.75) is 37.1 Å². The first-order valence-corrected chi connectivity index (χ1v) is 10.7. The second kappa shape index (κ2) is 9.43. The van der Waals surface area contributed by atoms with Gasteiger partial charge in [0.15, 0.2) is 0 Å². The number of nitrogens with one attached hydrogen (secondary N) is 2. The Labute approximate surface area is 181 Å². The predicted octanol–water partition coefficient (Wildman–Crippen LogP) is 3.60. The average molecular weight is 423 g/mol. The number of amides is 2. The Bertz CT molecular complexity index is 961. The molecule has 0 spiro atoms. The van der Waals surface area contributed by atoms with Crippen LogP contribution >= 0.6 is 0 Å². The van der Waals surface area contributed by atoms with E-state index in [1.165, 1.54) is 12.1 Å². The van der Waals surface area contributed by atoms with Gasteiger partial charge < -0.3 is 15.4 Å². The molecule has 0 unspecified atom stereocenters. The van der Waals surface area contributed by atoms with E-state index in [4.69, 9.17) is 4.74 Å². The second-order valence-electron chi connectivity index (χ2n) is 8.32. The van der Waals surface area contributed by atoms with Crippen molar-refractivity contribution in [3.05, 3.63) is 77.1 Å². The highest BCUT2D eigenvalue weighted by molar-refractivity contribution is 5.95. The summed E-state index contributed by atoms with van der Waals surface area (Å²) in [5, 5.41) is 5.93. The first-order chi connectivity index (χ1) is 15.0. The minimum Gasteiger partial charge on any atom is -0.381 e. The molecule has 1 aliphatic carbocycles. The van der Waals surface area contributed by atoms with E-state index in [1.807, 2.05) is 18.2 Å². The number of benzene rings is 2. The maximum Gasteiger partial charge on any atom is 0.251 e. The van der Waals surface area contributed by atoms with Crippen LogP contribution in [0.5, 0.6) is 0 Å². The lowest BCUT2D eigenvalue weighted by molar-refractivity contribution is -0.116. The molecule has 1 heterocycles. The van der Waals surface area contributed by atoms with Gasteiger partial charge in [0.25, 0.3) is 5.91 Å². The van der Waals surface area contributed by atoms with Gasteiger partial charge in [-0.2, -0.15) is 0 Å². The number of halogens is 1. The van der Waals surface area contributed by atoms with Gasteiger partial charge in [-0.1, -0.05) is 24.3 Å². The molecule has 0 atom stereocenters. The molecule has 162 valence electrons. The molecule has 4 rings (SSSR count). The molecule has 2 aromatic rings. The fourth-order valence-electron chi connectivity index (χ4n) is 3.88. The number of carbonyl (C=O) groups is 2. The van der Waals surface area contributed by atoms with Crippen LogP contribution in [0.2, 0.25) is 0 Å². The Hall–Kier alpha value is -2.99. The number of hydrogen-bond donors (Lipinski definition) is 2. The molecule has 1 saturated heterocycles. The first-order valence-electron chi connectivity index (χ1n) is 10.7. The summed E-state index contributed by atoms with van der Waals surface area (Å²) in [4.78, 5) is 24.5. The van der Waals surface area contributed by atoms with Gasteiger partial charge in [-0.25, -0.2) is 4.39 Å².